The lowest BCUT2D eigenvalue weighted by Gasteiger charge is -2.37. The number of rotatable bonds is 6. The molecule has 1 saturated carbocycles. The van der Waals surface area contributed by atoms with Crippen molar-refractivity contribution >= 4 is 15.9 Å². The van der Waals surface area contributed by atoms with Gasteiger partial charge in [0.15, 0.2) is 0 Å². The summed E-state index contributed by atoms with van der Waals surface area (Å²) in [5, 5.41) is 3.09. The van der Waals surface area contributed by atoms with Gasteiger partial charge in [-0.05, 0) is 70.6 Å². The third-order valence-corrected chi connectivity index (χ3v) is 6.58. The second-order valence-electron chi connectivity index (χ2n) is 7.84. The Morgan fingerprint density at radius 2 is 1.88 bits per heavy atom. The van der Waals surface area contributed by atoms with Crippen LogP contribution in [0.1, 0.15) is 63.7 Å². The van der Waals surface area contributed by atoms with Gasteiger partial charge in [0.1, 0.15) is 10.6 Å². The van der Waals surface area contributed by atoms with Gasteiger partial charge in [-0.1, -0.05) is 6.92 Å². The highest BCUT2D eigenvalue weighted by molar-refractivity contribution is 7.89. The molecule has 7 heteroatoms. The van der Waals surface area contributed by atoms with E-state index < -0.39 is 10.0 Å². The van der Waals surface area contributed by atoms with Crippen LogP contribution >= 0.6 is 0 Å². The molecule has 1 amide bonds. The number of nitrogens with one attached hydrogen (secondary N) is 2. The van der Waals surface area contributed by atoms with Crippen LogP contribution in [-0.2, 0) is 10.0 Å². The second kappa shape index (κ2) is 7.96. The number of ether oxygens (including phenoxy) is 1. The van der Waals surface area contributed by atoms with Gasteiger partial charge in [-0.15, -0.1) is 0 Å². The molecule has 0 heterocycles. The lowest BCUT2D eigenvalue weighted by atomic mass is 9.78. The number of carbonyl (C=O) groups excluding carboxylic acids is 1. The summed E-state index contributed by atoms with van der Waals surface area (Å²) in [6, 6.07) is 4.24. The van der Waals surface area contributed by atoms with Crippen LogP contribution in [0.25, 0.3) is 0 Å². The zero-order valence-electron chi connectivity index (χ0n) is 16.3. The van der Waals surface area contributed by atoms with E-state index in [1.807, 2.05) is 0 Å². The fraction of sp³-hybridized carbons (Fsp3) is 0.632. The Hall–Kier alpha value is -1.60. The molecule has 1 fully saturated rings. The first kappa shape index (κ1) is 20.7. The fourth-order valence-electron chi connectivity index (χ4n) is 3.27. The molecule has 0 aliphatic heterocycles. The van der Waals surface area contributed by atoms with Gasteiger partial charge in [0.05, 0.1) is 7.11 Å². The van der Waals surface area contributed by atoms with Crippen LogP contribution in [0.15, 0.2) is 23.1 Å². The maximum absolute atomic E-state index is 12.7. The quantitative estimate of drug-likeness (QED) is 0.792. The molecule has 1 aliphatic carbocycles. The molecule has 146 valence electrons. The van der Waals surface area contributed by atoms with Crippen molar-refractivity contribution in [3.63, 3.8) is 0 Å². The number of methoxy groups -OCH3 is 1. The Labute approximate surface area is 156 Å². The zero-order valence-corrected chi connectivity index (χ0v) is 17.1. The van der Waals surface area contributed by atoms with E-state index in [1.165, 1.54) is 19.2 Å². The number of sulfonamides is 1. The summed E-state index contributed by atoms with van der Waals surface area (Å²) in [5.74, 6) is 0.637. The van der Waals surface area contributed by atoms with E-state index in [0.29, 0.717) is 11.5 Å². The minimum absolute atomic E-state index is 0.0243. The lowest BCUT2D eigenvalue weighted by molar-refractivity contribution is 0.0869. The molecule has 2 rings (SSSR count). The first-order valence-electron chi connectivity index (χ1n) is 9.09. The van der Waals surface area contributed by atoms with Gasteiger partial charge < -0.3 is 10.1 Å². The Morgan fingerprint density at radius 3 is 2.42 bits per heavy atom. The largest absolute Gasteiger partial charge is 0.495 e. The number of hydrogen-bond acceptors (Lipinski definition) is 4. The highest BCUT2D eigenvalue weighted by Crippen LogP contribution is 2.32. The maximum atomic E-state index is 12.7. The third kappa shape index (κ3) is 4.98. The van der Waals surface area contributed by atoms with Crippen LogP contribution in [-0.4, -0.2) is 33.0 Å². The summed E-state index contributed by atoms with van der Waals surface area (Å²) < 4.78 is 32.8. The minimum Gasteiger partial charge on any atom is -0.495 e. The third-order valence-electron chi connectivity index (χ3n) is 4.90. The number of benzene rings is 1. The maximum Gasteiger partial charge on any atom is 0.251 e. The summed E-state index contributed by atoms with van der Waals surface area (Å²) in [4.78, 5) is 12.7. The molecule has 1 aliphatic rings. The lowest BCUT2D eigenvalue weighted by Crippen LogP contribution is -2.48. The van der Waals surface area contributed by atoms with E-state index >= 15 is 0 Å². The normalized spacial score (nSPS) is 23.7. The first-order chi connectivity index (χ1) is 12.1. The molecule has 0 radical (unpaired) electrons. The molecule has 2 N–H and O–H groups in total. The van der Waals surface area contributed by atoms with E-state index in [4.69, 9.17) is 4.74 Å². The van der Waals surface area contributed by atoms with E-state index in [2.05, 4.69) is 23.9 Å². The molecular formula is C19H30N2O4S. The molecule has 0 atom stereocenters. The first-order valence-corrected chi connectivity index (χ1v) is 10.6. The van der Waals surface area contributed by atoms with E-state index in [9.17, 15) is 13.2 Å². The topological polar surface area (TPSA) is 84.5 Å². The average molecular weight is 383 g/mol. The molecule has 0 aromatic heterocycles. The highest BCUT2D eigenvalue weighted by atomic mass is 32.2. The molecule has 0 unspecified atom stereocenters. The average Bonchev–Trinajstić information content (AvgIpc) is 2.56. The molecule has 0 bridgehead atoms. The fourth-order valence-corrected chi connectivity index (χ4v) is 4.72. The van der Waals surface area contributed by atoms with Crippen molar-refractivity contribution in [3.8, 4) is 5.75 Å². The Kier molecular flexibility index (Phi) is 6.34. The molecule has 0 spiro atoms. The zero-order chi connectivity index (χ0) is 19.5. The molecular weight excluding hydrogens is 352 g/mol. The van der Waals surface area contributed by atoms with Crippen LogP contribution < -0.4 is 14.8 Å². The van der Waals surface area contributed by atoms with Crippen molar-refractivity contribution in [1.82, 2.24) is 10.0 Å². The predicted octanol–water partition coefficient (Wildman–Crippen LogP) is 3.08. The summed E-state index contributed by atoms with van der Waals surface area (Å²) >= 11 is 0. The molecule has 0 saturated heterocycles. The molecule has 1 aromatic carbocycles. The summed E-state index contributed by atoms with van der Waals surface area (Å²) in [5.41, 5.74) is 0.0634. The van der Waals surface area contributed by atoms with Crippen molar-refractivity contribution in [2.75, 3.05) is 7.11 Å². The molecule has 6 nitrogen and oxygen atoms in total. The number of carbonyl (C=O) groups is 1. The Balaban J connectivity index is 2.27. The second-order valence-corrected chi connectivity index (χ2v) is 9.52. The van der Waals surface area contributed by atoms with Crippen LogP contribution in [0.4, 0.5) is 0 Å². The van der Waals surface area contributed by atoms with Crippen molar-refractivity contribution in [3.05, 3.63) is 23.8 Å². The summed E-state index contributed by atoms with van der Waals surface area (Å²) in [6.45, 7) is 7.76. The van der Waals surface area contributed by atoms with Crippen LogP contribution in [0.3, 0.4) is 0 Å². The van der Waals surface area contributed by atoms with Crippen molar-refractivity contribution in [2.45, 2.75) is 69.9 Å². The van der Waals surface area contributed by atoms with Crippen molar-refractivity contribution in [1.29, 1.82) is 0 Å². The molecule has 26 heavy (non-hydrogen) atoms. The SMILES string of the molecule is COc1ccc(C(=O)NC2(C)CCC(C)CC2)cc1S(=O)(=O)NC(C)C. The van der Waals surface area contributed by atoms with Crippen LogP contribution in [0.5, 0.6) is 5.75 Å². The van der Waals surface area contributed by atoms with Crippen molar-refractivity contribution in [2.24, 2.45) is 5.92 Å². The van der Waals surface area contributed by atoms with Gasteiger partial charge in [0, 0.05) is 17.1 Å². The minimum atomic E-state index is -3.77. The van der Waals surface area contributed by atoms with Crippen LogP contribution in [0.2, 0.25) is 0 Å². The Morgan fingerprint density at radius 1 is 1.27 bits per heavy atom. The van der Waals surface area contributed by atoms with Gasteiger partial charge in [0.2, 0.25) is 10.0 Å². The number of hydrogen-bond donors (Lipinski definition) is 2. The smallest absolute Gasteiger partial charge is 0.251 e. The van der Waals surface area contributed by atoms with E-state index in [1.54, 1.807) is 19.9 Å². The van der Waals surface area contributed by atoms with E-state index in [0.717, 1.165) is 25.7 Å². The van der Waals surface area contributed by atoms with Crippen molar-refractivity contribution < 1.29 is 17.9 Å². The van der Waals surface area contributed by atoms with Gasteiger partial charge in [-0.25, -0.2) is 13.1 Å². The number of amides is 1. The molecule has 1 aromatic rings. The Bertz CT molecular complexity index is 751. The van der Waals surface area contributed by atoms with Gasteiger partial charge in [-0.3, -0.25) is 4.79 Å². The highest BCUT2D eigenvalue weighted by Gasteiger charge is 2.31. The van der Waals surface area contributed by atoms with Crippen LogP contribution in [0, 0.1) is 5.92 Å². The predicted molar refractivity (Wildman–Crippen MR) is 102 cm³/mol. The van der Waals surface area contributed by atoms with Gasteiger partial charge in [0.25, 0.3) is 5.91 Å². The summed E-state index contributed by atoms with van der Waals surface area (Å²) in [7, 11) is -2.36. The van der Waals surface area contributed by atoms with Gasteiger partial charge >= 0.3 is 0 Å². The monoisotopic (exact) mass is 382 g/mol. The summed E-state index contributed by atoms with van der Waals surface area (Å²) in [6.07, 6.45) is 4.01. The van der Waals surface area contributed by atoms with Gasteiger partial charge in [-0.2, -0.15) is 0 Å². The standard InChI is InChI=1S/C19H30N2O4S/c1-13(2)21-26(23,24)17-12-15(6-7-16(17)25-5)18(22)20-19(4)10-8-14(3)9-11-19/h6-7,12-14,21H,8-11H2,1-5H3,(H,20,22). The van der Waals surface area contributed by atoms with E-state index in [-0.39, 0.29) is 28.1 Å².